The van der Waals surface area contributed by atoms with Gasteiger partial charge < -0.3 is 9.47 Å². The fraction of sp³-hybridized carbons (Fsp3) is 0.667. The molecule has 4 unspecified atom stereocenters. The molecule has 0 saturated carbocycles. The SMILES string of the molecule is C=CC(=O)OC(C)C(=O)OC1CSC(C)C(C)S1. The smallest absolute Gasteiger partial charge is 0.348 e. The van der Waals surface area contributed by atoms with Crippen LogP contribution >= 0.6 is 23.5 Å². The highest BCUT2D eigenvalue weighted by Gasteiger charge is 2.30. The van der Waals surface area contributed by atoms with E-state index in [1.54, 1.807) is 23.5 Å². The molecule has 1 rings (SSSR count). The van der Waals surface area contributed by atoms with Gasteiger partial charge in [0.15, 0.2) is 11.5 Å². The molecule has 4 atom stereocenters. The Hall–Kier alpha value is -0.620. The molecule has 0 bridgehead atoms. The zero-order valence-electron chi connectivity index (χ0n) is 10.8. The van der Waals surface area contributed by atoms with Gasteiger partial charge in [0.25, 0.3) is 0 Å². The normalized spacial score (nSPS) is 29.2. The Morgan fingerprint density at radius 1 is 1.39 bits per heavy atom. The van der Waals surface area contributed by atoms with E-state index >= 15 is 0 Å². The topological polar surface area (TPSA) is 52.6 Å². The molecule has 0 amide bonds. The van der Waals surface area contributed by atoms with Crippen molar-refractivity contribution in [2.24, 2.45) is 0 Å². The van der Waals surface area contributed by atoms with Gasteiger partial charge in [0.1, 0.15) is 0 Å². The van der Waals surface area contributed by atoms with Crippen molar-refractivity contribution in [3.8, 4) is 0 Å². The summed E-state index contributed by atoms with van der Waals surface area (Å²) in [5.74, 6) is -0.360. The van der Waals surface area contributed by atoms with Gasteiger partial charge >= 0.3 is 11.9 Å². The van der Waals surface area contributed by atoms with Crippen LogP contribution in [0.15, 0.2) is 12.7 Å². The summed E-state index contributed by atoms with van der Waals surface area (Å²) in [4.78, 5) is 22.7. The van der Waals surface area contributed by atoms with Crippen molar-refractivity contribution in [3.63, 3.8) is 0 Å². The van der Waals surface area contributed by atoms with E-state index in [4.69, 9.17) is 9.47 Å². The monoisotopic (exact) mass is 290 g/mol. The molecular formula is C12H18O4S2. The zero-order chi connectivity index (χ0) is 13.7. The van der Waals surface area contributed by atoms with E-state index in [0.717, 1.165) is 11.8 Å². The Kier molecular flexibility index (Phi) is 6.08. The Balaban J connectivity index is 2.40. The molecule has 6 heteroatoms. The lowest BCUT2D eigenvalue weighted by Crippen LogP contribution is -2.33. The van der Waals surface area contributed by atoms with E-state index in [1.807, 2.05) is 0 Å². The van der Waals surface area contributed by atoms with Crippen molar-refractivity contribution in [2.75, 3.05) is 5.75 Å². The maximum Gasteiger partial charge on any atom is 0.348 e. The number of carbonyl (C=O) groups is 2. The highest BCUT2D eigenvalue weighted by molar-refractivity contribution is 8.07. The molecule has 1 aliphatic rings. The third-order valence-corrected chi connectivity index (χ3v) is 5.78. The summed E-state index contributed by atoms with van der Waals surface area (Å²) in [7, 11) is 0. The summed E-state index contributed by atoms with van der Waals surface area (Å²) >= 11 is 3.42. The Morgan fingerprint density at radius 3 is 2.61 bits per heavy atom. The van der Waals surface area contributed by atoms with Crippen LogP contribution in [0.1, 0.15) is 20.8 Å². The first kappa shape index (κ1) is 15.4. The van der Waals surface area contributed by atoms with Gasteiger partial charge in [-0.3, -0.25) is 0 Å². The van der Waals surface area contributed by atoms with Gasteiger partial charge in [0.2, 0.25) is 0 Å². The van der Waals surface area contributed by atoms with Crippen LogP contribution in [0.4, 0.5) is 0 Å². The summed E-state index contributed by atoms with van der Waals surface area (Å²) in [6.07, 6.45) is 0.134. The second kappa shape index (κ2) is 7.09. The molecule has 0 aliphatic carbocycles. The molecule has 0 spiro atoms. The molecule has 0 aromatic carbocycles. The molecule has 1 fully saturated rings. The molecule has 4 nitrogen and oxygen atoms in total. The van der Waals surface area contributed by atoms with Crippen LogP contribution in [-0.2, 0) is 19.1 Å². The lowest BCUT2D eigenvalue weighted by atomic mass is 10.4. The van der Waals surface area contributed by atoms with Gasteiger partial charge in [-0.2, -0.15) is 11.8 Å². The fourth-order valence-corrected chi connectivity index (χ4v) is 3.94. The van der Waals surface area contributed by atoms with E-state index in [-0.39, 0.29) is 5.44 Å². The number of hydrogen-bond acceptors (Lipinski definition) is 6. The molecule has 1 aliphatic heterocycles. The predicted molar refractivity (Wildman–Crippen MR) is 74.6 cm³/mol. The summed E-state index contributed by atoms with van der Waals surface area (Å²) in [6.45, 7) is 9.05. The minimum atomic E-state index is -0.893. The van der Waals surface area contributed by atoms with Crippen molar-refractivity contribution in [2.45, 2.75) is 42.8 Å². The van der Waals surface area contributed by atoms with Crippen LogP contribution in [0.25, 0.3) is 0 Å². The van der Waals surface area contributed by atoms with Crippen LogP contribution in [0.3, 0.4) is 0 Å². The number of thioether (sulfide) groups is 2. The predicted octanol–water partition coefficient (Wildman–Crippen LogP) is 2.23. The number of rotatable bonds is 4. The van der Waals surface area contributed by atoms with Crippen molar-refractivity contribution < 1.29 is 19.1 Å². The Bertz CT molecular complexity index is 332. The number of hydrogen-bond donors (Lipinski definition) is 0. The lowest BCUT2D eigenvalue weighted by molar-refractivity contribution is -0.164. The van der Waals surface area contributed by atoms with Crippen LogP contribution < -0.4 is 0 Å². The Morgan fingerprint density at radius 2 is 2.06 bits per heavy atom. The molecule has 1 heterocycles. The lowest BCUT2D eigenvalue weighted by Gasteiger charge is -2.31. The largest absolute Gasteiger partial charge is 0.448 e. The fourth-order valence-electron chi connectivity index (χ4n) is 1.31. The summed E-state index contributed by atoms with van der Waals surface area (Å²) in [6, 6.07) is 0. The molecule has 0 aromatic rings. The second-order valence-electron chi connectivity index (χ2n) is 4.03. The van der Waals surface area contributed by atoms with Crippen molar-refractivity contribution in [1.82, 2.24) is 0 Å². The minimum Gasteiger partial charge on any atom is -0.448 e. The zero-order valence-corrected chi connectivity index (χ0v) is 12.4. The number of ether oxygens (including phenoxy) is 2. The third kappa shape index (κ3) is 4.57. The summed E-state index contributed by atoms with van der Waals surface area (Å²) in [5, 5.41) is 0.994. The highest BCUT2D eigenvalue weighted by atomic mass is 32.2. The molecule has 102 valence electrons. The molecule has 0 radical (unpaired) electrons. The Labute approximate surface area is 116 Å². The van der Waals surface area contributed by atoms with Gasteiger partial charge in [0.05, 0.1) is 0 Å². The van der Waals surface area contributed by atoms with E-state index in [9.17, 15) is 9.59 Å². The first-order valence-electron chi connectivity index (χ1n) is 5.74. The van der Waals surface area contributed by atoms with Gasteiger partial charge in [0, 0.05) is 22.3 Å². The van der Waals surface area contributed by atoms with E-state index in [2.05, 4.69) is 20.4 Å². The van der Waals surface area contributed by atoms with Gasteiger partial charge in [-0.05, 0) is 6.92 Å². The van der Waals surface area contributed by atoms with Gasteiger partial charge in [-0.1, -0.05) is 20.4 Å². The summed E-state index contributed by atoms with van der Waals surface area (Å²) < 4.78 is 10.1. The van der Waals surface area contributed by atoms with Crippen molar-refractivity contribution in [3.05, 3.63) is 12.7 Å². The molecular weight excluding hydrogens is 272 g/mol. The minimum absolute atomic E-state index is 0.168. The standard InChI is InChI=1S/C12H18O4S2/c1-5-10(13)15-7(2)12(14)16-11-6-17-8(3)9(4)18-11/h5,7-9,11H,1,6H2,2-4H3. The van der Waals surface area contributed by atoms with E-state index in [1.165, 1.54) is 6.92 Å². The maximum atomic E-state index is 11.7. The van der Waals surface area contributed by atoms with Crippen LogP contribution in [0.5, 0.6) is 0 Å². The van der Waals surface area contributed by atoms with Crippen LogP contribution in [0.2, 0.25) is 0 Å². The van der Waals surface area contributed by atoms with Crippen molar-refractivity contribution >= 4 is 35.5 Å². The van der Waals surface area contributed by atoms with Crippen LogP contribution in [-0.4, -0.2) is 39.7 Å². The van der Waals surface area contributed by atoms with E-state index < -0.39 is 18.0 Å². The average molecular weight is 290 g/mol. The maximum absolute atomic E-state index is 11.7. The van der Waals surface area contributed by atoms with E-state index in [0.29, 0.717) is 10.5 Å². The summed E-state index contributed by atoms with van der Waals surface area (Å²) in [5.41, 5.74) is -0.168. The molecule has 0 N–H and O–H groups in total. The molecule has 18 heavy (non-hydrogen) atoms. The highest BCUT2D eigenvalue weighted by Crippen LogP contribution is 2.36. The molecule has 0 aromatic heterocycles. The first-order chi connectivity index (χ1) is 8.43. The van der Waals surface area contributed by atoms with Gasteiger partial charge in [-0.25, -0.2) is 9.59 Å². The number of esters is 2. The van der Waals surface area contributed by atoms with Crippen LogP contribution in [0, 0.1) is 0 Å². The third-order valence-electron chi connectivity index (χ3n) is 2.56. The first-order valence-corrected chi connectivity index (χ1v) is 7.73. The number of carbonyl (C=O) groups excluding carboxylic acids is 2. The van der Waals surface area contributed by atoms with Crippen molar-refractivity contribution in [1.29, 1.82) is 0 Å². The van der Waals surface area contributed by atoms with Gasteiger partial charge in [-0.15, -0.1) is 11.8 Å². The second-order valence-corrected chi connectivity index (χ2v) is 6.98. The average Bonchev–Trinajstić information content (AvgIpc) is 2.33. The quantitative estimate of drug-likeness (QED) is 0.584. The molecule has 1 saturated heterocycles.